The summed E-state index contributed by atoms with van der Waals surface area (Å²) in [5.41, 5.74) is 1.49. The van der Waals surface area contributed by atoms with E-state index in [2.05, 4.69) is 15.9 Å². The first-order valence-corrected chi connectivity index (χ1v) is 8.67. The molecule has 26 heavy (non-hydrogen) atoms. The van der Waals surface area contributed by atoms with E-state index in [9.17, 15) is 14.7 Å². The molecule has 3 aromatic rings. The molecular weight excluding hydrogens is 398 g/mol. The number of carbonyl (C=O) groups is 2. The minimum absolute atomic E-state index is 0.0932. The van der Waals surface area contributed by atoms with Crippen molar-refractivity contribution in [1.82, 2.24) is 0 Å². The van der Waals surface area contributed by atoms with Crippen LogP contribution in [0.25, 0.3) is 10.8 Å². The molecule has 5 nitrogen and oxygen atoms in total. The average molecular weight is 414 g/mol. The molecule has 0 radical (unpaired) electrons. The third-order valence-electron chi connectivity index (χ3n) is 4.11. The van der Waals surface area contributed by atoms with Gasteiger partial charge in [-0.3, -0.25) is 4.79 Å². The van der Waals surface area contributed by atoms with E-state index in [4.69, 9.17) is 5.11 Å². The second-order valence-corrected chi connectivity index (χ2v) is 6.85. The van der Waals surface area contributed by atoms with Crippen LogP contribution < -0.4 is 4.90 Å². The first-order valence-electron chi connectivity index (χ1n) is 7.88. The Balaban J connectivity index is 1.98. The van der Waals surface area contributed by atoms with Gasteiger partial charge in [0.1, 0.15) is 11.3 Å². The summed E-state index contributed by atoms with van der Waals surface area (Å²) in [7, 11) is 0. The predicted molar refractivity (Wildman–Crippen MR) is 104 cm³/mol. The molecule has 0 aromatic heterocycles. The first-order chi connectivity index (χ1) is 12.3. The highest BCUT2D eigenvalue weighted by Gasteiger charge is 2.14. The Morgan fingerprint density at radius 1 is 1.00 bits per heavy atom. The lowest BCUT2D eigenvalue weighted by molar-refractivity contribution is -0.116. The molecule has 2 N–H and O–H groups in total. The van der Waals surface area contributed by atoms with Crippen LogP contribution in [0, 0.1) is 0 Å². The second-order valence-electron chi connectivity index (χ2n) is 5.94. The zero-order valence-electron chi connectivity index (χ0n) is 13.9. The zero-order valence-corrected chi connectivity index (χ0v) is 15.5. The topological polar surface area (TPSA) is 77.8 Å². The number of aromatic carboxylic acids is 1. The van der Waals surface area contributed by atoms with E-state index in [-0.39, 0.29) is 17.2 Å². The number of carbonyl (C=O) groups excluding carboxylic acids is 1. The van der Waals surface area contributed by atoms with E-state index in [0.29, 0.717) is 11.9 Å². The highest BCUT2D eigenvalue weighted by Crippen LogP contribution is 2.27. The second kappa shape index (κ2) is 7.17. The number of anilines is 1. The molecule has 0 atom stereocenters. The van der Waals surface area contributed by atoms with Gasteiger partial charge in [0.2, 0.25) is 5.91 Å². The molecule has 0 aliphatic heterocycles. The van der Waals surface area contributed by atoms with Gasteiger partial charge < -0.3 is 15.1 Å². The van der Waals surface area contributed by atoms with Gasteiger partial charge in [-0.2, -0.15) is 0 Å². The van der Waals surface area contributed by atoms with Crippen molar-refractivity contribution in [3.8, 4) is 5.75 Å². The van der Waals surface area contributed by atoms with Crippen LogP contribution in [-0.2, 0) is 11.3 Å². The van der Waals surface area contributed by atoms with Gasteiger partial charge in [-0.05, 0) is 58.8 Å². The summed E-state index contributed by atoms with van der Waals surface area (Å²) in [6.45, 7) is 1.86. The third kappa shape index (κ3) is 3.70. The SMILES string of the molecule is CC(=O)N(Cc1ccc2cc(O)c(C(=O)O)cc2c1)c1ccc(Br)cc1. The molecular formula is C20H16BrNO4. The molecule has 0 heterocycles. The highest BCUT2D eigenvalue weighted by molar-refractivity contribution is 9.10. The molecule has 0 spiro atoms. The Labute approximate surface area is 158 Å². The van der Waals surface area contributed by atoms with Gasteiger partial charge in [-0.25, -0.2) is 4.79 Å². The Morgan fingerprint density at radius 2 is 1.69 bits per heavy atom. The Hall–Kier alpha value is -2.86. The molecule has 6 heteroatoms. The number of hydrogen-bond acceptors (Lipinski definition) is 3. The summed E-state index contributed by atoms with van der Waals surface area (Å²) in [5.74, 6) is -1.54. The van der Waals surface area contributed by atoms with Crippen molar-refractivity contribution >= 4 is 44.3 Å². The van der Waals surface area contributed by atoms with E-state index in [1.54, 1.807) is 11.0 Å². The maximum absolute atomic E-state index is 12.1. The Morgan fingerprint density at radius 3 is 2.31 bits per heavy atom. The standard InChI is InChI=1S/C20H16BrNO4/c1-12(23)22(17-6-4-16(21)5-7-17)11-13-2-3-14-10-19(24)18(20(25)26)9-15(14)8-13/h2-10,24H,11H2,1H3,(H,25,26). The molecule has 0 unspecified atom stereocenters. The molecule has 0 aliphatic carbocycles. The van der Waals surface area contributed by atoms with E-state index in [1.165, 1.54) is 19.1 Å². The fourth-order valence-electron chi connectivity index (χ4n) is 2.79. The van der Waals surface area contributed by atoms with Gasteiger partial charge in [0.15, 0.2) is 0 Å². The number of carboxylic acids is 1. The van der Waals surface area contributed by atoms with E-state index >= 15 is 0 Å². The fourth-order valence-corrected chi connectivity index (χ4v) is 3.06. The number of phenols is 1. The number of carboxylic acid groups (broad SMARTS) is 1. The van der Waals surface area contributed by atoms with Gasteiger partial charge in [0.25, 0.3) is 0 Å². The minimum Gasteiger partial charge on any atom is -0.507 e. The van der Waals surface area contributed by atoms with Crippen molar-refractivity contribution in [3.63, 3.8) is 0 Å². The van der Waals surface area contributed by atoms with Crippen molar-refractivity contribution < 1.29 is 19.8 Å². The third-order valence-corrected chi connectivity index (χ3v) is 4.64. The normalized spacial score (nSPS) is 10.7. The van der Waals surface area contributed by atoms with Crippen molar-refractivity contribution in [2.75, 3.05) is 4.90 Å². The van der Waals surface area contributed by atoms with Crippen LogP contribution in [0.3, 0.4) is 0 Å². The van der Waals surface area contributed by atoms with Crippen LogP contribution in [0.5, 0.6) is 5.75 Å². The van der Waals surface area contributed by atoms with Crippen molar-refractivity contribution in [1.29, 1.82) is 0 Å². The smallest absolute Gasteiger partial charge is 0.339 e. The highest BCUT2D eigenvalue weighted by atomic mass is 79.9. The van der Waals surface area contributed by atoms with Gasteiger partial charge in [-0.15, -0.1) is 0 Å². The Bertz CT molecular complexity index is 999. The molecule has 3 rings (SSSR count). The first kappa shape index (κ1) is 17.9. The van der Waals surface area contributed by atoms with Crippen LogP contribution >= 0.6 is 15.9 Å². The lowest BCUT2D eigenvalue weighted by atomic mass is 10.0. The molecule has 0 aliphatic rings. The van der Waals surface area contributed by atoms with Crippen LogP contribution in [-0.4, -0.2) is 22.1 Å². The van der Waals surface area contributed by atoms with E-state index in [1.807, 2.05) is 36.4 Å². The summed E-state index contributed by atoms with van der Waals surface area (Å²) in [4.78, 5) is 24.9. The average Bonchev–Trinajstić information content (AvgIpc) is 2.59. The molecule has 1 amide bonds. The summed E-state index contributed by atoms with van der Waals surface area (Å²) < 4.78 is 0.927. The van der Waals surface area contributed by atoms with Crippen LogP contribution in [0.15, 0.2) is 59.1 Å². The number of benzene rings is 3. The zero-order chi connectivity index (χ0) is 18.8. The number of fused-ring (bicyclic) bond motifs is 1. The lowest BCUT2D eigenvalue weighted by Gasteiger charge is -2.21. The number of halogens is 1. The molecule has 0 saturated carbocycles. The molecule has 132 valence electrons. The van der Waals surface area contributed by atoms with Gasteiger partial charge >= 0.3 is 5.97 Å². The number of hydrogen-bond donors (Lipinski definition) is 2. The van der Waals surface area contributed by atoms with Crippen molar-refractivity contribution in [2.24, 2.45) is 0 Å². The number of rotatable bonds is 4. The summed E-state index contributed by atoms with van der Waals surface area (Å²) in [6.07, 6.45) is 0. The maximum atomic E-state index is 12.1. The summed E-state index contributed by atoms with van der Waals surface area (Å²) >= 11 is 3.38. The van der Waals surface area contributed by atoms with Crippen molar-refractivity contribution in [2.45, 2.75) is 13.5 Å². The number of nitrogens with zero attached hydrogens (tertiary/aromatic N) is 1. The van der Waals surface area contributed by atoms with Crippen molar-refractivity contribution in [3.05, 3.63) is 70.2 Å². The van der Waals surface area contributed by atoms with Crippen LogP contribution in [0.2, 0.25) is 0 Å². The minimum atomic E-state index is -1.19. The van der Waals surface area contributed by atoms with E-state index in [0.717, 1.165) is 21.1 Å². The predicted octanol–water partition coefficient (Wildman–Crippen LogP) is 4.56. The van der Waals surface area contributed by atoms with Gasteiger partial charge in [0, 0.05) is 17.1 Å². The van der Waals surface area contributed by atoms with Gasteiger partial charge in [0.05, 0.1) is 6.54 Å². The number of aromatic hydroxyl groups is 1. The lowest BCUT2D eigenvalue weighted by Crippen LogP contribution is -2.27. The Kier molecular flexibility index (Phi) is 4.95. The molecule has 0 fully saturated rings. The largest absolute Gasteiger partial charge is 0.507 e. The molecule has 0 saturated heterocycles. The summed E-state index contributed by atoms with van der Waals surface area (Å²) in [6, 6.07) is 15.8. The molecule has 0 bridgehead atoms. The summed E-state index contributed by atoms with van der Waals surface area (Å²) in [5, 5.41) is 20.4. The van der Waals surface area contributed by atoms with Gasteiger partial charge in [-0.1, -0.05) is 28.1 Å². The van der Waals surface area contributed by atoms with E-state index < -0.39 is 5.97 Å². The maximum Gasteiger partial charge on any atom is 0.339 e. The quantitative estimate of drug-likeness (QED) is 0.656. The van der Waals surface area contributed by atoms with Crippen LogP contribution in [0.4, 0.5) is 5.69 Å². The monoisotopic (exact) mass is 413 g/mol. The number of amides is 1. The fraction of sp³-hybridized carbons (Fsp3) is 0.100. The van der Waals surface area contributed by atoms with Crippen LogP contribution in [0.1, 0.15) is 22.8 Å². The molecule has 3 aromatic carbocycles.